The minimum absolute atomic E-state index is 0.0652. The molecule has 0 bridgehead atoms. The molecular weight excluding hydrogens is 470 g/mol. The van der Waals surface area contributed by atoms with E-state index in [1.807, 2.05) is 6.07 Å². The van der Waals surface area contributed by atoms with E-state index in [2.05, 4.69) is 28.7 Å². The van der Waals surface area contributed by atoms with E-state index in [0.717, 1.165) is 31.5 Å². The molecule has 0 atom stereocenters. The van der Waals surface area contributed by atoms with Crippen molar-refractivity contribution >= 4 is 34.8 Å². The molecular formula is C26H32ClN3O5. The van der Waals surface area contributed by atoms with Crippen LogP contribution < -0.4 is 9.64 Å². The van der Waals surface area contributed by atoms with E-state index in [9.17, 15) is 14.4 Å². The zero-order valence-electron chi connectivity index (χ0n) is 20.7. The monoisotopic (exact) mass is 501 g/mol. The second-order valence-electron chi connectivity index (χ2n) is 8.45. The number of aromatic amines is 1. The maximum Gasteiger partial charge on any atom is 0.338 e. The van der Waals surface area contributed by atoms with Crippen LogP contribution in [0, 0.1) is 0 Å². The summed E-state index contributed by atoms with van der Waals surface area (Å²) >= 11 is 6.00. The number of H-pyrrole nitrogens is 1. The highest BCUT2D eigenvalue weighted by Crippen LogP contribution is 2.31. The van der Waals surface area contributed by atoms with E-state index in [4.69, 9.17) is 21.1 Å². The number of carbonyl (C=O) groups is 3. The van der Waals surface area contributed by atoms with Gasteiger partial charge in [0.15, 0.2) is 0 Å². The van der Waals surface area contributed by atoms with Crippen molar-refractivity contribution in [1.29, 1.82) is 0 Å². The van der Waals surface area contributed by atoms with Crippen molar-refractivity contribution in [3.8, 4) is 5.75 Å². The lowest BCUT2D eigenvalue weighted by molar-refractivity contribution is 0.0462. The summed E-state index contributed by atoms with van der Waals surface area (Å²) in [6.45, 7) is 9.20. The molecule has 0 saturated carbocycles. The molecule has 188 valence electrons. The standard InChI is InChI=1S/C26H32ClN3O5/c1-5-7-13-34-20-14-18(8-9-19(20)30(11-6-2)12-10-27)26(33)35-15-21-28-22-23(29-21)25(32)17(4)16(3)24(22)31/h8-9,14H,5-7,10-13,15H2,1-4H3,(H,28,29). The number of halogens is 1. The molecule has 0 unspecified atom stereocenters. The molecule has 0 radical (unpaired) electrons. The number of imidazole rings is 1. The third kappa shape index (κ3) is 5.93. The number of nitrogens with zero attached hydrogens (tertiary/aromatic N) is 2. The maximum atomic E-state index is 12.8. The zero-order chi connectivity index (χ0) is 25.5. The number of hydrogen-bond acceptors (Lipinski definition) is 7. The summed E-state index contributed by atoms with van der Waals surface area (Å²) in [5.74, 6) is 0.177. The summed E-state index contributed by atoms with van der Waals surface area (Å²) < 4.78 is 11.4. The van der Waals surface area contributed by atoms with E-state index in [0.29, 0.717) is 41.5 Å². The van der Waals surface area contributed by atoms with Crippen LogP contribution in [0.25, 0.3) is 0 Å². The Morgan fingerprint density at radius 3 is 2.51 bits per heavy atom. The number of ether oxygens (including phenoxy) is 2. The van der Waals surface area contributed by atoms with Gasteiger partial charge in [-0.15, -0.1) is 11.6 Å². The molecule has 8 nitrogen and oxygen atoms in total. The van der Waals surface area contributed by atoms with Crippen molar-refractivity contribution in [3.05, 3.63) is 52.1 Å². The second kappa shape index (κ2) is 12.0. The number of Topliss-reactive ketones (excluding diaryl/α,β-unsaturated/α-hetero) is 2. The molecule has 1 aliphatic rings. The predicted molar refractivity (Wildman–Crippen MR) is 135 cm³/mol. The molecule has 9 heteroatoms. The Morgan fingerprint density at radius 2 is 1.83 bits per heavy atom. The SMILES string of the molecule is CCCCOc1cc(C(=O)OCc2nc3c([nH]2)C(=O)C(C)=C(C)C3=O)ccc1N(CCC)CCCl. The molecule has 35 heavy (non-hydrogen) atoms. The molecule has 2 aromatic rings. The first-order chi connectivity index (χ1) is 16.8. The number of carbonyl (C=O) groups excluding carboxylic acids is 3. The van der Waals surface area contributed by atoms with Gasteiger partial charge in [-0.25, -0.2) is 9.78 Å². The number of unbranched alkanes of at least 4 members (excludes halogenated alkanes) is 1. The Hall–Kier alpha value is -3.13. The number of allylic oxidation sites excluding steroid dienone is 2. The first-order valence-corrected chi connectivity index (χ1v) is 12.5. The summed E-state index contributed by atoms with van der Waals surface area (Å²) in [6, 6.07) is 5.22. The highest BCUT2D eigenvalue weighted by atomic mass is 35.5. The van der Waals surface area contributed by atoms with Crippen molar-refractivity contribution in [2.75, 3.05) is 30.5 Å². The number of benzene rings is 1. The number of aromatic nitrogens is 2. The van der Waals surface area contributed by atoms with Crippen LogP contribution in [0.4, 0.5) is 5.69 Å². The lowest BCUT2D eigenvalue weighted by Gasteiger charge is -2.26. The highest BCUT2D eigenvalue weighted by Gasteiger charge is 2.31. The van der Waals surface area contributed by atoms with E-state index in [1.165, 1.54) is 0 Å². The number of hydrogen-bond donors (Lipinski definition) is 1. The quantitative estimate of drug-likeness (QED) is 0.245. The number of alkyl halides is 1. The fourth-order valence-corrected chi connectivity index (χ4v) is 4.02. The van der Waals surface area contributed by atoms with Gasteiger partial charge in [-0.2, -0.15) is 0 Å². The lowest BCUT2D eigenvalue weighted by atomic mass is 9.92. The van der Waals surface area contributed by atoms with E-state index in [-0.39, 0.29) is 35.4 Å². The maximum absolute atomic E-state index is 12.8. The number of nitrogens with one attached hydrogen (secondary N) is 1. The van der Waals surface area contributed by atoms with Crippen LogP contribution in [0.3, 0.4) is 0 Å². The van der Waals surface area contributed by atoms with E-state index >= 15 is 0 Å². The van der Waals surface area contributed by atoms with Crippen molar-refractivity contribution in [2.45, 2.75) is 53.6 Å². The molecule has 0 fully saturated rings. The van der Waals surface area contributed by atoms with Crippen LogP contribution in [0.15, 0.2) is 29.3 Å². The fourth-order valence-electron chi connectivity index (χ4n) is 3.81. The van der Waals surface area contributed by atoms with Crippen molar-refractivity contribution in [3.63, 3.8) is 0 Å². The van der Waals surface area contributed by atoms with Gasteiger partial charge in [0.25, 0.3) is 0 Å². The fraction of sp³-hybridized carbons (Fsp3) is 0.462. The zero-order valence-corrected chi connectivity index (χ0v) is 21.5. The van der Waals surface area contributed by atoms with Gasteiger partial charge in [-0.1, -0.05) is 20.3 Å². The minimum atomic E-state index is -0.561. The molecule has 1 heterocycles. The number of fused-ring (bicyclic) bond motifs is 1. The average molecular weight is 502 g/mol. The third-order valence-electron chi connectivity index (χ3n) is 5.92. The molecule has 1 aromatic heterocycles. The van der Waals surface area contributed by atoms with Crippen molar-refractivity contribution < 1.29 is 23.9 Å². The summed E-state index contributed by atoms with van der Waals surface area (Å²) in [4.78, 5) is 46.9. The van der Waals surface area contributed by atoms with Crippen LogP contribution in [-0.2, 0) is 11.3 Å². The molecule has 3 rings (SSSR count). The Kier molecular flexibility index (Phi) is 9.09. The Balaban J connectivity index is 1.77. The normalized spacial score (nSPS) is 13.2. The highest BCUT2D eigenvalue weighted by molar-refractivity contribution is 6.25. The third-order valence-corrected chi connectivity index (χ3v) is 6.09. The van der Waals surface area contributed by atoms with Crippen LogP contribution in [-0.4, -0.2) is 53.1 Å². The summed E-state index contributed by atoms with van der Waals surface area (Å²) in [5, 5.41) is 0. The van der Waals surface area contributed by atoms with Gasteiger partial charge in [-0.05, 0) is 44.9 Å². The van der Waals surface area contributed by atoms with Crippen molar-refractivity contribution in [1.82, 2.24) is 9.97 Å². The van der Waals surface area contributed by atoms with Crippen LogP contribution in [0.5, 0.6) is 5.75 Å². The van der Waals surface area contributed by atoms with Crippen LogP contribution >= 0.6 is 11.6 Å². The average Bonchev–Trinajstić information content (AvgIpc) is 3.29. The number of rotatable bonds is 12. The van der Waals surface area contributed by atoms with E-state index in [1.54, 1.807) is 26.0 Å². The number of anilines is 1. The first kappa shape index (κ1) is 26.5. The Bertz CT molecular complexity index is 1090. The summed E-state index contributed by atoms with van der Waals surface area (Å²) in [5.41, 5.74) is 2.18. The first-order valence-electron chi connectivity index (χ1n) is 11.9. The Labute approximate surface area is 210 Å². The molecule has 0 spiro atoms. The number of ketones is 2. The summed E-state index contributed by atoms with van der Waals surface area (Å²) in [7, 11) is 0. The van der Waals surface area contributed by atoms with Gasteiger partial charge in [0.2, 0.25) is 11.6 Å². The molecule has 1 aromatic carbocycles. The molecule has 0 amide bonds. The van der Waals surface area contributed by atoms with Gasteiger partial charge in [0, 0.05) is 30.1 Å². The van der Waals surface area contributed by atoms with Gasteiger partial charge < -0.3 is 19.4 Å². The van der Waals surface area contributed by atoms with Crippen LogP contribution in [0.2, 0.25) is 0 Å². The largest absolute Gasteiger partial charge is 0.491 e. The van der Waals surface area contributed by atoms with Crippen LogP contribution in [0.1, 0.15) is 84.1 Å². The minimum Gasteiger partial charge on any atom is -0.491 e. The lowest BCUT2D eigenvalue weighted by Crippen LogP contribution is -2.27. The predicted octanol–water partition coefficient (Wildman–Crippen LogP) is 5.12. The second-order valence-corrected chi connectivity index (χ2v) is 8.83. The van der Waals surface area contributed by atoms with E-state index < -0.39 is 5.97 Å². The topological polar surface area (TPSA) is 102 Å². The van der Waals surface area contributed by atoms with Gasteiger partial charge in [0.05, 0.1) is 17.9 Å². The molecule has 1 N–H and O–H groups in total. The Morgan fingerprint density at radius 1 is 1.09 bits per heavy atom. The number of esters is 1. The molecule has 0 aliphatic heterocycles. The molecule has 0 saturated heterocycles. The van der Waals surface area contributed by atoms with Crippen molar-refractivity contribution in [2.24, 2.45) is 0 Å². The molecule has 1 aliphatic carbocycles. The summed E-state index contributed by atoms with van der Waals surface area (Å²) in [6.07, 6.45) is 2.83. The smallest absolute Gasteiger partial charge is 0.338 e. The van der Waals surface area contributed by atoms with Gasteiger partial charge in [0.1, 0.15) is 29.6 Å². The van der Waals surface area contributed by atoms with Gasteiger partial charge in [-0.3, -0.25) is 9.59 Å². The van der Waals surface area contributed by atoms with Gasteiger partial charge >= 0.3 is 5.97 Å².